The Bertz CT molecular complexity index is 1470. The van der Waals surface area contributed by atoms with E-state index in [1.165, 1.54) is 55.5 Å². The maximum absolute atomic E-state index is 12.9. The van der Waals surface area contributed by atoms with Crippen molar-refractivity contribution < 1.29 is 36.6 Å². The maximum Gasteiger partial charge on any atom is 0.262 e. The van der Waals surface area contributed by atoms with Crippen molar-refractivity contribution in [2.75, 3.05) is 9.44 Å². The van der Waals surface area contributed by atoms with Gasteiger partial charge in [-0.05, 0) is 60.0 Å². The number of benzene rings is 3. The van der Waals surface area contributed by atoms with Crippen molar-refractivity contribution in [1.29, 1.82) is 0 Å². The molecule has 0 saturated carbocycles. The zero-order chi connectivity index (χ0) is 24.4. The third-order valence-corrected chi connectivity index (χ3v) is 7.36. The van der Waals surface area contributed by atoms with Gasteiger partial charge in [0.05, 0.1) is 21.7 Å². The summed E-state index contributed by atoms with van der Waals surface area (Å²) in [6.07, 6.45) is 0. The van der Waals surface area contributed by atoms with Crippen LogP contribution >= 0.6 is 0 Å². The van der Waals surface area contributed by atoms with Crippen LogP contribution in [0.5, 0.6) is 0 Å². The molecule has 0 fully saturated rings. The second kappa shape index (κ2) is 8.92. The van der Waals surface area contributed by atoms with Crippen molar-refractivity contribution in [2.24, 2.45) is 0 Å². The molecule has 3 aromatic carbocycles. The summed E-state index contributed by atoms with van der Waals surface area (Å²) in [5.74, 6) is -2.98. The fourth-order valence-corrected chi connectivity index (χ4v) is 5.35. The minimum Gasteiger partial charge on any atom is -0.545 e. The van der Waals surface area contributed by atoms with Crippen molar-refractivity contribution in [3.05, 3.63) is 83.4 Å². The highest BCUT2D eigenvalue weighted by atomic mass is 32.2. The van der Waals surface area contributed by atoms with Crippen LogP contribution in [0.25, 0.3) is 0 Å². The summed E-state index contributed by atoms with van der Waals surface area (Å²) < 4.78 is 55.8. The number of hydrogen-bond donors (Lipinski definition) is 2. The molecule has 33 heavy (non-hydrogen) atoms. The summed E-state index contributed by atoms with van der Waals surface area (Å²) in [6, 6.07) is 13.3. The van der Waals surface area contributed by atoms with E-state index in [0.29, 0.717) is 0 Å². The molecule has 0 aliphatic rings. The van der Waals surface area contributed by atoms with Crippen LogP contribution in [0.1, 0.15) is 26.3 Å². The van der Waals surface area contributed by atoms with Gasteiger partial charge in [-0.25, -0.2) is 16.8 Å². The molecule has 0 aromatic heterocycles. The normalized spacial score (nSPS) is 11.5. The number of sulfonamides is 2. The fraction of sp³-hybridized carbons (Fsp3) is 0.0476. The van der Waals surface area contributed by atoms with Gasteiger partial charge in [0, 0.05) is 11.4 Å². The topological polar surface area (TPSA) is 173 Å². The van der Waals surface area contributed by atoms with Crippen LogP contribution in [0.4, 0.5) is 11.4 Å². The number of aromatic carboxylic acids is 2. The van der Waals surface area contributed by atoms with E-state index < -0.39 is 36.9 Å². The standard InChI is InChI=1S/C21H18N2O8S2/c1-13-8-9-18(32(28,29)22-16-6-2-4-14(10-16)20(24)25)12-19(13)33(30,31)23-17-7-3-5-15(11-17)21(26)27/h2-12,22-23H,1H3,(H,24,25)(H,26,27)/p-2. The van der Waals surface area contributed by atoms with E-state index in [0.717, 1.165) is 18.2 Å². The third kappa shape index (κ3) is 5.48. The fourth-order valence-electron chi connectivity index (χ4n) is 2.88. The molecule has 0 amide bonds. The average molecular weight is 488 g/mol. The van der Waals surface area contributed by atoms with Gasteiger partial charge in [-0.2, -0.15) is 0 Å². The molecule has 0 saturated heterocycles. The quantitative estimate of drug-likeness (QED) is 0.456. The molecular weight excluding hydrogens is 472 g/mol. The Hall–Kier alpha value is -3.90. The first-order chi connectivity index (χ1) is 15.4. The Labute approximate surface area is 189 Å². The monoisotopic (exact) mass is 488 g/mol. The molecule has 0 radical (unpaired) electrons. The summed E-state index contributed by atoms with van der Waals surface area (Å²) in [5, 5.41) is 22.0. The molecule has 10 nitrogen and oxygen atoms in total. The lowest BCUT2D eigenvalue weighted by Crippen LogP contribution is -2.23. The molecule has 0 atom stereocenters. The van der Waals surface area contributed by atoms with Gasteiger partial charge >= 0.3 is 0 Å². The summed E-state index contributed by atoms with van der Waals surface area (Å²) in [7, 11) is -8.59. The van der Waals surface area contributed by atoms with E-state index in [1.807, 2.05) is 0 Å². The van der Waals surface area contributed by atoms with Crippen molar-refractivity contribution in [3.63, 3.8) is 0 Å². The van der Waals surface area contributed by atoms with Crippen LogP contribution in [0.15, 0.2) is 76.5 Å². The lowest BCUT2D eigenvalue weighted by Gasteiger charge is -2.14. The molecule has 0 aliphatic carbocycles. The van der Waals surface area contributed by atoms with E-state index in [-0.39, 0.29) is 33.0 Å². The second-order valence-electron chi connectivity index (χ2n) is 6.87. The molecule has 2 N–H and O–H groups in total. The number of rotatable bonds is 8. The third-order valence-electron chi connectivity index (χ3n) is 4.46. The Kier molecular flexibility index (Phi) is 6.42. The zero-order valence-electron chi connectivity index (χ0n) is 16.9. The predicted octanol–water partition coefficient (Wildman–Crippen LogP) is 0.324. The Balaban J connectivity index is 1.95. The van der Waals surface area contributed by atoms with Gasteiger partial charge in [0.25, 0.3) is 20.0 Å². The molecule has 172 valence electrons. The highest BCUT2D eigenvalue weighted by molar-refractivity contribution is 7.93. The predicted molar refractivity (Wildman–Crippen MR) is 114 cm³/mol. The molecule has 0 aliphatic heterocycles. The van der Waals surface area contributed by atoms with E-state index in [1.54, 1.807) is 0 Å². The van der Waals surface area contributed by atoms with Crippen LogP contribution in [-0.4, -0.2) is 28.8 Å². The minimum atomic E-state index is -4.30. The summed E-state index contributed by atoms with van der Waals surface area (Å²) in [6.45, 7) is 1.46. The molecule has 0 unspecified atom stereocenters. The van der Waals surface area contributed by atoms with Gasteiger partial charge in [0.1, 0.15) is 0 Å². The zero-order valence-corrected chi connectivity index (χ0v) is 18.6. The number of hydrogen-bond acceptors (Lipinski definition) is 8. The number of carbonyl (C=O) groups is 2. The molecule has 0 heterocycles. The minimum absolute atomic E-state index is 0.0541. The van der Waals surface area contributed by atoms with Crippen molar-refractivity contribution >= 4 is 43.4 Å². The highest BCUT2D eigenvalue weighted by Gasteiger charge is 2.22. The Morgan fingerprint density at radius 3 is 1.67 bits per heavy atom. The Morgan fingerprint density at radius 2 is 1.18 bits per heavy atom. The number of carboxylic acids is 2. The van der Waals surface area contributed by atoms with Crippen LogP contribution in [-0.2, 0) is 20.0 Å². The van der Waals surface area contributed by atoms with E-state index in [4.69, 9.17) is 0 Å². The van der Waals surface area contributed by atoms with Crippen molar-refractivity contribution in [2.45, 2.75) is 16.7 Å². The van der Waals surface area contributed by atoms with Crippen LogP contribution < -0.4 is 19.7 Å². The van der Waals surface area contributed by atoms with E-state index in [2.05, 4.69) is 9.44 Å². The molecule has 0 bridgehead atoms. The number of aryl methyl sites for hydroxylation is 1. The molecule has 0 spiro atoms. The largest absolute Gasteiger partial charge is 0.545 e. The summed E-state index contributed by atoms with van der Waals surface area (Å²) >= 11 is 0. The number of nitrogens with one attached hydrogen (secondary N) is 2. The molecule has 3 rings (SSSR count). The summed E-state index contributed by atoms with van der Waals surface area (Å²) in [4.78, 5) is 21.3. The van der Waals surface area contributed by atoms with E-state index in [9.17, 15) is 36.6 Å². The van der Waals surface area contributed by atoms with Crippen LogP contribution in [0.2, 0.25) is 0 Å². The number of carboxylic acid groups (broad SMARTS) is 2. The van der Waals surface area contributed by atoms with Gasteiger partial charge in [0.2, 0.25) is 0 Å². The van der Waals surface area contributed by atoms with Gasteiger partial charge in [-0.3, -0.25) is 9.44 Å². The molecule has 12 heteroatoms. The van der Waals surface area contributed by atoms with Crippen LogP contribution in [0.3, 0.4) is 0 Å². The maximum atomic E-state index is 12.9. The lowest BCUT2D eigenvalue weighted by molar-refractivity contribution is -0.256. The summed E-state index contributed by atoms with van der Waals surface area (Å²) in [5.41, 5.74) is -0.367. The first-order valence-electron chi connectivity index (χ1n) is 9.18. The first-order valence-corrected chi connectivity index (χ1v) is 12.1. The average Bonchev–Trinajstić information content (AvgIpc) is 2.73. The Morgan fingerprint density at radius 1 is 0.697 bits per heavy atom. The smallest absolute Gasteiger partial charge is 0.262 e. The van der Waals surface area contributed by atoms with Crippen molar-refractivity contribution in [3.8, 4) is 0 Å². The highest BCUT2D eigenvalue weighted by Crippen LogP contribution is 2.25. The second-order valence-corrected chi connectivity index (χ2v) is 10.2. The van der Waals surface area contributed by atoms with E-state index >= 15 is 0 Å². The van der Waals surface area contributed by atoms with Crippen molar-refractivity contribution in [1.82, 2.24) is 0 Å². The van der Waals surface area contributed by atoms with Crippen LogP contribution in [0, 0.1) is 6.92 Å². The number of carbonyl (C=O) groups excluding carboxylic acids is 2. The van der Waals surface area contributed by atoms with Gasteiger partial charge in [0.15, 0.2) is 0 Å². The molecule has 3 aromatic rings. The first kappa shape index (κ1) is 23.8. The molecular formula is C21H16N2O8S2-2. The van der Waals surface area contributed by atoms with Gasteiger partial charge in [-0.1, -0.05) is 30.3 Å². The van der Waals surface area contributed by atoms with Gasteiger partial charge in [-0.15, -0.1) is 0 Å². The number of anilines is 2. The SMILES string of the molecule is Cc1ccc(S(=O)(=O)Nc2cccc(C(=O)[O-])c2)cc1S(=O)(=O)Nc1cccc(C(=O)[O-])c1. The lowest BCUT2D eigenvalue weighted by atomic mass is 10.2. The van der Waals surface area contributed by atoms with Gasteiger partial charge < -0.3 is 19.8 Å².